The second kappa shape index (κ2) is 11.0. The number of nitrogens with zero attached hydrogens (tertiary/aromatic N) is 2. The maximum atomic E-state index is 12.2. The number of aromatic nitrogens is 1. The van der Waals surface area contributed by atoms with Gasteiger partial charge in [0, 0.05) is 22.6 Å². The first-order chi connectivity index (χ1) is 15.9. The van der Waals surface area contributed by atoms with Crippen molar-refractivity contribution in [2.24, 2.45) is 5.10 Å². The highest BCUT2D eigenvalue weighted by Crippen LogP contribution is 2.24. The molecule has 3 aromatic rings. The largest absolute Gasteiger partial charge is 0.494 e. The van der Waals surface area contributed by atoms with E-state index in [9.17, 15) is 9.59 Å². The highest BCUT2D eigenvalue weighted by Gasteiger charge is 2.15. The van der Waals surface area contributed by atoms with Crippen LogP contribution < -0.4 is 20.2 Å². The first-order valence-electron chi connectivity index (χ1n) is 10.7. The fourth-order valence-corrected chi connectivity index (χ4v) is 3.42. The molecule has 0 fully saturated rings. The Morgan fingerprint density at radius 2 is 1.67 bits per heavy atom. The second-order valence-electron chi connectivity index (χ2n) is 7.17. The summed E-state index contributed by atoms with van der Waals surface area (Å²) in [7, 11) is 0. The molecule has 8 nitrogen and oxygen atoms in total. The number of ether oxygens (including phenoxy) is 2. The molecule has 0 unspecified atom stereocenters. The van der Waals surface area contributed by atoms with Crippen molar-refractivity contribution in [3.8, 4) is 17.2 Å². The van der Waals surface area contributed by atoms with E-state index in [4.69, 9.17) is 9.47 Å². The molecule has 0 saturated heterocycles. The van der Waals surface area contributed by atoms with Crippen molar-refractivity contribution in [3.63, 3.8) is 0 Å². The summed E-state index contributed by atoms with van der Waals surface area (Å²) in [5, 5.41) is 6.50. The highest BCUT2D eigenvalue weighted by molar-refractivity contribution is 6.39. The molecule has 2 N–H and O–H groups in total. The van der Waals surface area contributed by atoms with Crippen LogP contribution in [0.15, 0.2) is 59.7 Å². The zero-order valence-corrected chi connectivity index (χ0v) is 19.2. The van der Waals surface area contributed by atoms with Crippen LogP contribution in [0.4, 0.5) is 5.69 Å². The Labute approximate surface area is 193 Å². The number of amides is 2. The zero-order chi connectivity index (χ0) is 23.8. The monoisotopic (exact) mass is 448 g/mol. The molecule has 0 bridgehead atoms. The van der Waals surface area contributed by atoms with Gasteiger partial charge in [-0.25, -0.2) is 5.43 Å². The van der Waals surface area contributed by atoms with Crippen molar-refractivity contribution in [2.75, 3.05) is 18.5 Å². The smallest absolute Gasteiger partial charge is 0.329 e. The molecule has 0 aliphatic heterocycles. The summed E-state index contributed by atoms with van der Waals surface area (Å²) < 4.78 is 13.0. The van der Waals surface area contributed by atoms with E-state index in [1.807, 2.05) is 58.0 Å². The summed E-state index contributed by atoms with van der Waals surface area (Å²) in [5.74, 6) is -0.404. The van der Waals surface area contributed by atoms with E-state index in [1.54, 1.807) is 24.3 Å². The van der Waals surface area contributed by atoms with Crippen molar-refractivity contribution < 1.29 is 19.1 Å². The number of carbonyl (C=O) groups is 2. The number of carbonyl (C=O) groups excluding carboxylic acids is 2. The lowest BCUT2D eigenvalue weighted by Crippen LogP contribution is -2.32. The Morgan fingerprint density at radius 1 is 0.970 bits per heavy atom. The van der Waals surface area contributed by atoms with Gasteiger partial charge in [-0.15, -0.1) is 0 Å². The molecule has 33 heavy (non-hydrogen) atoms. The Kier molecular flexibility index (Phi) is 7.86. The molecular weight excluding hydrogens is 420 g/mol. The van der Waals surface area contributed by atoms with E-state index < -0.39 is 11.8 Å². The molecule has 0 spiro atoms. The molecule has 1 heterocycles. The van der Waals surface area contributed by atoms with Gasteiger partial charge in [0.25, 0.3) is 0 Å². The van der Waals surface area contributed by atoms with Gasteiger partial charge in [0.2, 0.25) is 0 Å². The van der Waals surface area contributed by atoms with E-state index in [-0.39, 0.29) is 0 Å². The number of hydrazone groups is 1. The fourth-order valence-electron chi connectivity index (χ4n) is 3.42. The number of benzene rings is 2. The van der Waals surface area contributed by atoms with Gasteiger partial charge < -0.3 is 19.4 Å². The van der Waals surface area contributed by atoms with Gasteiger partial charge in [-0.05, 0) is 70.2 Å². The van der Waals surface area contributed by atoms with Crippen LogP contribution >= 0.6 is 0 Å². The number of hydrogen-bond donors (Lipinski definition) is 2. The van der Waals surface area contributed by atoms with E-state index in [0.29, 0.717) is 24.7 Å². The standard InChI is InChI=1S/C25H28N4O4/c1-5-32-21-13-11-20(12-14-21)29-17(3)15-19(18(29)4)16-26-28-25(31)24(30)27-22-9-7-8-10-23(22)33-6-2/h7-16H,5-6H2,1-4H3,(H,27,30)(H,28,31)/b26-16-. The normalized spacial score (nSPS) is 10.8. The molecule has 8 heteroatoms. The van der Waals surface area contributed by atoms with Crippen LogP contribution in [0.2, 0.25) is 0 Å². The molecule has 172 valence electrons. The van der Waals surface area contributed by atoms with E-state index in [0.717, 1.165) is 28.4 Å². The van der Waals surface area contributed by atoms with E-state index in [2.05, 4.69) is 20.4 Å². The van der Waals surface area contributed by atoms with Crippen LogP contribution in [0.3, 0.4) is 0 Å². The number of anilines is 1. The molecule has 0 aliphatic rings. The van der Waals surface area contributed by atoms with Gasteiger partial charge in [0.05, 0.1) is 25.1 Å². The predicted octanol–water partition coefficient (Wildman–Crippen LogP) is 3.98. The number of hydrogen-bond acceptors (Lipinski definition) is 5. The third kappa shape index (κ3) is 5.79. The molecule has 0 atom stereocenters. The SMILES string of the molecule is CCOc1ccc(-n2c(C)cc(/C=N\NC(=O)C(=O)Nc3ccccc3OCC)c2C)cc1. The van der Waals surface area contributed by atoms with Crippen LogP contribution in [0.1, 0.15) is 30.8 Å². The molecule has 2 aromatic carbocycles. The number of rotatable bonds is 8. The molecule has 0 aliphatic carbocycles. The maximum Gasteiger partial charge on any atom is 0.329 e. The van der Waals surface area contributed by atoms with Crippen molar-refractivity contribution in [1.29, 1.82) is 0 Å². The fraction of sp³-hybridized carbons (Fsp3) is 0.240. The zero-order valence-electron chi connectivity index (χ0n) is 19.2. The lowest BCUT2D eigenvalue weighted by Gasteiger charge is -2.11. The Balaban J connectivity index is 1.66. The number of para-hydroxylation sites is 2. The minimum Gasteiger partial charge on any atom is -0.494 e. The van der Waals surface area contributed by atoms with E-state index in [1.165, 1.54) is 6.21 Å². The third-order valence-electron chi connectivity index (χ3n) is 4.89. The van der Waals surface area contributed by atoms with Crippen LogP contribution in [0, 0.1) is 13.8 Å². The van der Waals surface area contributed by atoms with Crippen LogP contribution in [0.5, 0.6) is 11.5 Å². The third-order valence-corrected chi connectivity index (χ3v) is 4.89. The predicted molar refractivity (Wildman–Crippen MR) is 128 cm³/mol. The molecule has 2 amide bonds. The topological polar surface area (TPSA) is 94.0 Å². The number of nitrogens with one attached hydrogen (secondary N) is 2. The van der Waals surface area contributed by atoms with Crippen molar-refractivity contribution in [3.05, 3.63) is 71.5 Å². The molecule has 1 aromatic heterocycles. The van der Waals surface area contributed by atoms with E-state index >= 15 is 0 Å². The lowest BCUT2D eigenvalue weighted by atomic mass is 10.2. The van der Waals surface area contributed by atoms with Crippen molar-refractivity contribution >= 4 is 23.7 Å². The van der Waals surface area contributed by atoms with Crippen LogP contribution in [-0.4, -0.2) is 35.8 Å². The molecular formula is C25H28N4O4. The quantitative estimate of drug-likeness (QED) is 0.310. The average Bonchev–Trinajstić information content (AvgIpc) is 3.09. The van der Waals surface area contributed by atoms with Gasteiger partial charge in [-0.3, -0.25) is 9.59 Å². The Morgan fingerprint density at radius 3 is 2.36 bits per heavy atom. The summed E-state index contributed by atoms with van der Waals surface area (Å²) in [5.41, 5.74) is 6.46. The Bertz CT molecular complexity index is 1150. The minimum atomic E-state index is -0.877. The second-order valence-corrected chi connectivity index (χ2v) is 7.17. The summed E-state index contributed by atoms with van der Waals surface area (Å²) in [6.07, 6.45) is 1.52. The van der Waals surface area contributed by atoms with Crippen molar-refractivity contribution in [2.45, 2.75) is 27.7 Å². The first-order valence-corrected chi connectivity index (χ1v) is 10.7. The molecule has 0 radical (unpaired) electrons. The minimum absolute atomic E-state index is 0.419. The molecule has 0 saturated carbocycles. The Hall–Kier alpha value is -4.07. The maximum absolute atomic E-state index is 12.2. The molecule has 3 rings (SSSR count). The van der Waals surface area contributed by atoms with Gasteiger partial charge in [0.15, 0.2) is 0 Å². The summed E-state index contributed by atoms with van der Waals surface area (Å²) in [4.78, 5) is 24.4. The summed E-state index contributed by atoms with van der Waals surface area (Å²) >= 11 is 0. The summed E-state index contributed by atoms with van der Waals surface area (Å²) in [6.45, 7) is 8.80. The first kappa shape index (κ1) is 23.6. The van der Waals surface area contributed by atoms with Gasteiger partial charge in [0.1, 0.15) is 11.5 Å². The van der Waals surface area contributed by atoms with Crippen LogP contribution in [0.25, 0.3) is 5.69 Å². The summed E-state index contributed by atoms with van der Waals surface area (Å²) in [6, 6.07) is 16.7. The average molecular weight is 449 g/mol. The highest BCUT2D eigenvalue weighted by atomic mass is 16.5. The van der Waals surface area contributed by atoms with Gasteiger partial charge >= 0.3 is 11.8 Å². The number of aryl methyl sites for hydroxylation is 1. The van der Waals surface area contributed by atoms with Gasteiger partial charge in [-0.2, -0.15) is 5.10 Å². The van der Waals surface area contributed by atoms with Gasteiger partial charge in [-0.1, -0.05) is 12.1 Å². The van der Waals surface area contributed by atoms with Crippen molar-refractivity contribution in [1.82, 2.24) is 9.99 Å². The lowest BCUT2D eigenvalue weighted by molar-refractivity contribution is -0.136. The van der Waals surface area contributed by atoms with Crippen LogP contribution in [-0.2, 0) is 9.59 Å².